The summed E-state index contributed by atoms with van der Waals surface area (Å²) in [6.45, 7) is 5.94. The molecule has 2 bridgehead atoms. The number of hydrogen-bond acceptors (Lipinski definition) is 2. The zero-order chi connectivity index (χ0) is 13.9. The van der Waals surface area contributed by atoms with Gasteiger partial charge in [-0.05, 0) is 70.3 Å². The number of piperidine rings is 2. The van der Waals surface area contributed by atoms with Gasteiger partial charge in [-0.15, -0.1) is 0 Å². The van der Waals surface area contributed by atoms with Crippen LogP contribution in [0.2, 0.25) is 0 Å². The first-order valence-electron chi connectivity index (χ1n) is 9.28. The lowest BCUT2D eigenvalue weighted by Gasteiger charge is -2.53. The lowest BCUT2D eigenvalue weighted by Crippen LogP contribution is -2.60. The molecule has 3 rings (SSSR count). The van der Waals surface area contributed by atoms with Crippen molar-refractivity contribution in [3.63, 3.8) is 0 Å². The van der Waals surface area contributed by atoms with Crippen molar-refractivity contribution in [1.82, 2.24) is 10.2 Å². The lowest BCUT2D eigenvalue weighted by atomic mass is 9.77. The van der Waals surface area contributed by atoms with Gasteiger partial charge in [0.2, 0.25) is 0 Å². The number of rotatable bonds is 4. The summed E-state index contributed by atoms with van der Waals surface area (Å²) in [5.41, 5.74) is 0. The molecule has 2 nitrogen and oxygen atoms in total. The van der Waals surface area contributed by atoms with Crippen molar-refractivity contribution < 1.29 is 0 Å². The standard InChI is InChI=1S/C18H34N2/c1-3-11-19-15-12-17-5-4-6-18(13-15)20(17)16-9-7-14(2)8-10-16/h14-19H,3-13H2,1-2H3. The predicted octanol–water partition coefficient (Wildman–Crippen LogP) is 3.95. The summed E-state index contributed by atoms with van der Waals surface area (Å²) in [6, 6.07) is 3.53. The van der Waals surface area contributed by atoms with E-state index < -0.39 is 0 Å². The number of hydrogen-bond donors (Lipinski definition) is 1. The van der Waals surface area contributed by atoms with Gasteiger partial charge in [0.1, 0.15) is 0 Å². The Labute approximate surface area is 125 Å². The molecule has 3 aliphatic rings. The van der Waals surface area contributed by atoms with Gasteiger partial charge in [0.15, 0.2) is 0 Å². The lowest BCUT2D eigenvalue weighted by molar-refractivity contribution is -0.0256. The maximum Gasteiger partial charge on any atom is 0.0116 e. The van der Waals surface area contributed by atoms with Crippen LogP contribution >= 0.6 is 0 Å². The van der Waals surface area contributed by atoms with Gasteiger partial charge in [0, 0.05) is 24.2 Å². The highest BCUT2D eigenvalue weighted by Gasteiger charge is 2.41. The van der Waals surface area contributed by atoms with Crippen molar-refractivity contribution in [2.24, 2.45) is 5.92 Å². The Balaban J connectivity index is 1.61. The van der Waals surface area contributed by atoms with Crippen LogP contribution in [-0.4, -0.2) is 35.6 Å². The second-order valence-electron chi connectivity index (χ2n) is 7.72. The number of fused-ring (bicyclic) bond motifs is 2. The largest absolute Gasteiger partial charge is 0.314 e. The summed E-state index contributed by atoms with van der Waals surface area (Å²) in [6.07, 6.45) is 14.4. The Kier molecular flexibility index (Phi) is 5.04. The van der Waals surface area contributed by atoms with Crippen LogP contribution in [0.4, 0.5) is 0 Å². The second-order valence-corrected chi connectivity index (χ2v) is 7.72. The third kappa shape index (κ3) is 3.22. The molecule has 2 heteroatoms. The fourth-order valence-corrected chi connectivity index (χ4v) is 5.07. The molecule has 116 valence electrons. The quantitative estimate of drug-likeness (QED) is 0.837. The van der Waals surface area contributed by atoms with E-state index in [1.165, 1.54) is 70.8 Å². The summed E-state index contributed by atoms with van der Waals surface area (Å²) in [4.78, 5) is 3.00. The predicted molar refractivity (Wildman–Crippen MR) is 86.0 cm³/mol. The zero-order valence-electron chi connectivity index (χ0n) is 13.6. The fourth-order valence-electron chi connectivity index (χ4n) is 5.07. The first-order chi connectivity index (χ1) is 9.78. The monoisotopic (exact) mass is 278 g/mol. The van der Waals surface area contributed by atoms with Crippen LogP contribution in [0.15, 0.2) is 0 Å². The molecule has 0 aromatic rings. The van der Waals surface area contributed by atoms with Gasteiger partial charge < -0.3 is 5.32 Å². The normalized spacial score (nSPS) is 42.6. The smallest absolute Gasteiger partial charge is 0.0116 e. The first kappa shape index (κ1) is 14.8. The average Bonchev–Trinajstić information content (AvgIpc) is 2.45. The van der Waals surface area contributed by atoms with Gasteiger partial charge in [0.25, 0.3) is 0 Å². The van der Waals surface area contributed by atoms with Gasteiger partial charge >= 0.3 is 0 Å². The molecule has 0 radical (unpaired) electrons. The van der Waals surface area contributed by atoms with Crippen molar-refractivity contribution >= 4 is 0 Å². The molecule has 1 aliphatic carbocycles. The Morgan fingerprint density at radius 3 is 2.15 bits per heavy atom. The van der Waals surface area contributed by atoms with Gasteiger partial charge in [-0.3, -0.25) is 4.90 Å². The maximum absolute atomic E-state index is 3.80. The van der Waals surface area contributed by atoms with Crippen LogP contribution in [0, 0.1) is 5.92 Å². The minimum absolute atomic E-state index is 0.809. The molecule has 3 fully saturated rings. The van der Waals surface area contributed by atoms with Crippen LogP contribution < -0.4 is 5.32 Å². The van der Waals surface area contributed by atoms with E-state index >= 15 is 0 Å². The highest BCUT2D eigenvalue weighted by molar-refractivity contribution is 4.98. The highest BCUT2D eigenvalue weighted by atomic mass is 15.2. The van der Waals surface area contributed by atoms with E-state index in [0.717, 1.165) is 30.1 Å². The molecule has 0 spiro atoms. The third-order valence-electron chi connectivity index (χ3n) is 6.12. The fraction of sp³-hybridized carbons (Fsp3) is 1.00. The Bertz CT molecular complexity index is 282. The second kappa shape index (κ2) is 6.79. The van der Waals surface area contributed by atoms with E-state index in [1.807, 2.05) is 0 Å². The molecule has 0 aromatic heterocycles. The van der Waals surface area contributed by atoms with Crippen molar-refractivity contribution in [3.8, 4) is 0 Å². The Morgan fingerprint density at radius 2 is 1.55 bits per heavy atom. The Hall–Kier alpha value is -0.0800. The van der Waals surface area contributed by atoms with Crippen molar-refractivity contribution in [3.05, 3.63) is 0 Å². The zero-order valence-corrected chi connectivity index (χ0v) is 13.6. The maximum atomic E-state index is 3.80. The summed E-state index contributed by atoms with van der Waals surface area (Å²) in [5.74, 6) is 0.981. The first-order valence-corrected chi connectivity index (χ1v) is 9.28. The van der Waals surface area contributed by atoms with Gasteiger partial charge in [0.05, 0.1) is 0 Å². The summed E-state index contributed by atoms with van der Waals surface area (Å²) >= 11 is 0. The summed E-state index contributed by atoms with van der Waals surface area (Å²) in [5, 5.41) is 3.80. The molecule has 1 saturated carbocycles. The topological polar surface area (TPSA) is 15.3 Å². The SMILES string of the molecule is CCCNC1CC2CCCC(C1)N2C1CCC(C)CC1. The molecule has 2 atom stereocenters. The molecule has 20 heavy (non-hydrogen) atoms. The van der Waals surface area contributed by atoms with Crippen LogP contribution in [0.3, 0.4) is 0 Å². The summed E-state index contributed by atoms with van der Waals surface area (Å²) in [7, 11) is 0. The molecule has 0 aromatic carbocycles. The van der Waals surface area contributed by atoms with Crippen LogP contribution in [0.1, 0.15) is 78.1 Å². The minimum Gasteiger partial charge on any atom is -0.314 e. The van der Waals surface area contributed by atoms with Crippen molar-refractivity contribution in [1.29, 1.82) is 0 Å². The molecule has 1 N–H and O–H groups in total. The van der Waals surface area contributed by atoms with Gasteiger partial charge in [-0.1, -0.05) is 20.3 Å². The van der Waals surface area contributed by atoms with Crippen LogP contribution in [0.25, 0.3) is 0 Å². The molecule has 2 aliphatic heterocycles. The van der Waals surface area contributed by atoms with E-state index in [4.69, 9.17) is 0 Å². The molecule has 2 saturated heterocycles. The van der Waals surface area contributed by atoms with Crippen LogP contribution in [0.5, 0.6) is 0 Å². The van der Waals surface area contributed by atoms with E-state index in [1.54, 1.807) is 0 Å². The Morgan fingerprint density at radius 1 is 0.900 bits per heavy atom. The molecule has 0 amide bonds. The highest BCUT2D eigenvalue weighted by Crippen LogP contribution is 2.39. The van der Waals surface area contributed by atoms with Gasteiger partial charge in [-0.25, -0.2) is 0 Å². The number of nitrogens with one attached hydrogen (secondary N) is 1. The molecular formula is C18H34N2. The summed E-state index contributed by atoms with van der Waals surface area (Å²) < 4.78 is 0. The average molecular weight is 278 g/mol. The number of nitrogens with zero attached hydrogens (tertiary/aromatic N) is 1. The molecular weight excluding hydrogens is 244 g/mol. The van der Waals surface area contributed by atoms with E-state index in [0.29, 0.717) is 0 Å². The van der Waals surface area contributed by atoms with E-state index in [2.05, 4.69) is 24.1 Å². The minimum atomic E-state index is 0.809. The molecule has 2 unspecified atom stereocenters. The van der Waals surface area contributed by atoms with Crippen LogP contribution in [-0.2, 0) is 0 Å². The van der Waals surface area contributed by atoms with Crippen molar-refractivity contribution in [2.75, 3.05) is 6.54 Å². The third-order valence-corrected chi connectivity index (χ3v) is 6.12. The van der Waals surface area contributed by atoms with Gasteiger partial charge in [-0.2, -0.15) is 0 Å². The molecule has 2 heterocycles. The van der Waals surface area contributed by atoms with Crippen molar-refractivity contribution in [2.45, 2.75) is 102 Å². The van der Waals surface area contributed by atoms with E-state index in [-0.39, 0.29) is 0 Å². The van der Waals surface area contributed by atoms with E-state index in [9.17, 15) is 0 Å².